The number of hydrogen-bond donors (Lipinski definition) is 5. The van der Waals surface area contributed by atoms with Crippen LogP contribution in [0.5, 0.6) is 0 Å². The van der Waals surface area contributed by atoms with Crippen LogP contribution in [-0.4, -0.2) is 40.4 Å². The van der Waals surface area contributed by atoms with Gasteiger partial charge in [-0.1, -0.05) is 0 Å². The van der Waals surface area contributed by atoms with Crippen molar-refractivity contribution in [2.45, 2.75) is 6.04 Å². The minimum absolute atomic E-state index is 0.310. The molecule has 0 unspecified atom stereocenters. The van der Waals surface area contributed by atoms with E-state index in [-0.39, 0.29) is 19.1 Å². The fourth-order valence-electron chi connectivity index (χ4n) is 1.69. The molecule has 0 spiro atoms. The van der Waals surface area contributed by atoms with Gasteiger partial charge in [0.05, 0.1) is 19.3 Å². The Balaban J connectivity index is 2.23. The van der Waals surface area contributed by atoms with E-state index < -0.39 is 6.04 Å². The van der Waals surface area contributed by atoms with Gasteiger partial charge in [-0.2, -0.15) is 0 Å². The summed E-state index contributed by atoms with van der Waals surface area (Å²) in [6.07, 6.45) is 0. The number of nitrogen functional groups attached to an aromatic ring is 1. The molecule has 0 saturated heterocycles. The number of aliphatic hydroxyl groups is 2. The molecule has 0 radical (unpaired) electrons. The zero-order valence-electron chi connectivity index (χ0n) is 9.68. The number of nitrogens with one attached hydrogen (secondary N) is 2. The van der Waals surface area contributed by atoms with Gasteiger partial charge in [0.25, 0.3) is 5.91 Å². The maximum atomic E-state index is 11.8. The molecule has 2 aromatic rings. The Morgan fingerprint density at radius 2 is 2.06 bits per heavy atom. The Labute approximate surface area is 103 Å². The standard InChI is InChI=1S/C12H15N3O3/c13-8-1-2-10-7(3-8)4-11(15-10)12(18)14-9(5-16)6-17/h1-4,9,15-17H,5-6,13H2,(H,14,18). The van der Waals surface area contributed by atoms with Gasteiger partial charge in [-0.3, -0.25) is 4.79 Å². The first-order valence-corrected chi connectivity index (χ1v) is 5.55. The molecule has 6 heteroatoms. The monoisotopic (exact) mass is 249 g/mol. The largest absolute Gasteiger partial charge is 0.399 e. The number of aromatic amines is 1. The number of rotatable bonds is 4. The summed E-state index contributed by atoms with van der Waals surface area (Å²) in [5.41, 5.74) is 7.44. The maximum absolute atomic E-state index is 11.8. The molecule has 0 saturated carbocycles. The molecule has 0 fully saturated rings. The van der Waals surface area contributed by atoms with Crippen LogP contribution in [0.15, 0.2) is 24.3 Å². The average Bonchev–Trinajstić information content (AvgIpc) is 2.78. The first-order chi connectivity index (χ1) is 8.63. The van der Waals surface area contributed by atoms with Gasteiger partial charge >= 0.3 is 0 Å². The van der Waals surface area contributed by atoms with Crippen molar-refractivity contribution in [2.75, 3.05) is 18.9 Å². The van der Waals surface area contributed by atoms with Gasteiger partial charge in [0, 0.05) is 16.6 Å². The molecule has 6 nitrogen and oxygen atoms in total. The predicted octanol–water partition coefficient (Wildman–Crippen LogP) is -0.167. The second-order valence-corrected chi connectivity index (χ2v) is 4.07. The summed E-state index contributed by atoms with van der Waals surface area (Å²) in [6.45, 7) is -0.620. The number of amides is 1. The van der Waals surface area contributed by atoms with Gasteiger partial charge in [0.1, 0.15) is 5.69 Å². The number of nitrogens with two attached hydrogens (primary N) is 1. The van der Waals surface area contributed by atoms with Crippen LogP contribution in [-0.2, 0) is 0 Å². The van der Waals surface area contributed by atoms with E-state index in [1.54, 1.807) is 24.3 Å². The molecule has 1 aromatic carbocycles. The van der Waals surface area contributed by atoms with Gasteiger partial charge in [-0.05, 0) is 24.3 Å². The van der Waals surface area contributed by atoms with Gasteiger partial charge in [0.15, 0.2) is 0 Å². The number of aromatic nitrogens is 1. The fraction of sp³-hybridized carbons (Fsp3) is 0.250. The van der Waals surface area contributed by atoms with Gasteiger partial charge in [-0.25, -0.2) is 0 Å². The molecule has 0 aliphatic carbocycles. The first kappa shape index (κ1) is 12.4. The van der Waals surface area contributed by atoms with E-state index in [4.69, 9.17) is 15.9 Å². The lowest BCUT2D eigenvalue weighted by molar-refractivity contribution is 0.0875. The van der Waals surface area contributed by atoms with Crippen LogP contribution in [0.4, 0.5) is 5.69 Å². The highest BCUT2D eigenvalue weighted by atomic mass is 16.3. The molecule has 96 valence electrons. The van der Waals surface area contributed by atoms with Crippen LogP contribution in [0.25, 0.3) is 10.9 Å². The highest BCUT2D eigenvalue weighted by molar-refractivity contribution is 5.98. The summed E-state index contributed by atoms with van der Waals surface area (Å²) in [4.78, 5) is 14.8. The molecule has 1 aromatic heterocycles. The van der Waals surface area contributed by atoms with Gasteiger partial charge in [-0.15, -0.1) is 0 Å². The quantitative estimate of drug-likeness (QED) is 0.484. The van der Waals surface area contributed by atoms with E-state index in [1.807, 2.05) is 0 Å². The first-order valence-electron chi connectivity index (χ1n) is 5.55. The minimum Gasteiger partial charge on any atom is -0.399 e. The second kappa shape index (κ2) is 5.07. The van der Waals surface area contributed by atoms with Crippen LogP contribution in [0.3, 0.4) is 0 Å². The molecule has 0 aliphatic heterocycles. The Morgan fingerprint density at radius 1 is 1.33 bits per heavy atom. The van der Waals surface area contributed by atoms with Crippen LogP contribution in [0.1, 0.15) is 10.5 Å². The highest BCUT2D eigenvalue weighted by Crippen LogP contribution is 2.18. The molecular weight excluding hydrogens is 234 g/mol. The van der Waals surface area contributed by atoms with Crippen molar-refractivity contribution in [1.82, 2.24) is 10.3 Å². The number of carbonyl (C=O) groups excluding carboxylic acids is 1. The zero-order chi connectivity index (χ0) is 13.1. The molecule has 1 amide bonds. The molecule has 1 heterocycles. The summed E-state index contributed by atoms with van der Waals surface area (Å²) in [7, 11) is 0. The van der Waals surface area contributed by atoms with E-state index in [1.165, 1.54) is 0 Å². The number of aliphatic hydroxyl groups excluding tert-OH is 2. The fourth-order valence-corrected chi connectivity index (χ4v) is 1.69. The van der Waals surface area contributed by atoms with Crippen molar-refractivity contribution >= 4 is 22.5 Å². The highest BCUT2D eigenvalue weighted by Gasteiger charge is 2.14. The van der Waals surface area contributed by atoms with E-state index in [2.05, 4.69) is 10.3 Å². The Morgan fingerprint density at radius 3 is 2.72 bits per heavy atom. The molecule has 18 heavy (non-hydrogen) atoms. The lowest BCUT2D eigenvalue weighted by atomic mass is 10.2. The average molecular weight is 249 g/mol. The number of benzene rings is 1. The second-order valence-electron chi connectivity index (χ2n) is 4.07. The van der Waals surface area contributed by atoms with Crippen LogP contribution < -0.4 is 11.1 Å². The maximum Gasteiger partial charge on any atom is 0.268 e. The third-order valence-electron chi connectivity index (χ3n) is 2.67. The van der Waals surface area contributed by atoms with Crippen molar-refractivity contribution in [2.24, 2.45) is 0 Å². The van der Waals surface area contributed by atoms with E-state index in [9.17, 15) is 4.79 Å². The van der Waals surface area contributed by atoms with Gasteiger partial charge < -0.3 is 26.2 Å². The Kier molecular flexibility index (Phi) is 3.50. The Hall–Kier alpha value is -2.05. The third-order valence-corrected chi connectivity index (χ3v) is 2.67. The minimum atomic E-state index is -0.658. The molecule has 2 rings (SSSR count). The topological polar surface area (TPSA) is 111 Å². The third kappa shape index (κ3) is 2.44. The van der Waals surface area contributed by atoms with E-state index in [0.29, 0.717) is 11.4 Å². The predicted molar refractivity (Wildman–Crippen MR) is 68.1 cm³/mol. The van der Waals surface area contributed by atoms with E-state index >= 15 is 0 Å². The van der Waals surface area contributed by atoms with Crippen molar-refractivity contribution in [1.29, 1.82) is 0 Å². The molecular formula is C12H15N3O3. The number of H-pyrrole nitrogens is 1. The zero-order valence-corrected chi connectivity index (χ0v) is 9.68. The van der Waals surface area contributed by atoms with Crippen LogP contribution in [0, 0.1) is 0 Å². The summed E-state index contributed by atoms with van der Waals surface area (Å²) in [6, 6.07) is 6.31. The van der Waals surface area contributed by atoms with Crippen molar-refractivity contribution in [3.8, 4) is 0 Å². The van der Waals surface area contributed by atoms with Crippen molar-refractivity contribution < 1.29 is 15.0 Å². The SMILES string of the molecule is Nc1ccc2[nH]c(C(=O)NC(CO)CO)cc2c1. The number of anilines is 1. The van der Waals surface area contributed by atoms with Gasteiger partial charge in [0.2, 0.25) is 0 Å². The number of carbonyl (C=O) groups is 1. The smallest absolute Gasteiger partial charge is 0.268 e. The Bertz CT molecular complexity index is 561. The molecule has 6 N–H and O–H groups in total. The summed E-state index contributed by atoms with van der Waals surface area (Å²) < 4.78 is 0. The number of fused-ring (bicyclic) bond motifs is 1. The summed E-state index contributed by atoms with van der Waals surface area (Å²) in [5.74, 6) is -0.377. The van der Waals surface area contributed by atoms with Crippen LogP contribution >= 0.6 is 0 Å². The lowest BCUT2D eigenvalue weighted by Crippen LogP contribution is -2.40. The number of hydrogen-bond acceptors (Lipinski definition) is 4. The molecule has 0 bridgehead atoms. The van der Waals surface area contributed by atoms with Crippen molar-refractivity contribution in [3.05, 3.63) is 30.0 Å². The molecule has 0 aliphatic rings. The summed E-state index contributed by atoms with van der Waals surface area (Å²) >= 11 is 0. The van der Waals surface area contributed by atoms with Crippen LogP contribution in [0.2, 0.25) is 0 Å². The van der Waals surface area contributed by atoms with E-state index in [0.717, 1.165) is 10.9 Å². The molecule has 0 atom stereocenters. The lowest BCUT2D eigenvalue weighted by Gasteiger charge is -2.11. The normalized spacial score (nSPS) is 11.1. The summed E-state index contributed by atoms with van der Waals surface area (Å²) in [5, 5.41) is 21.1. The van der Waals surface area contributed by atoms with Crippen molar-refractivity contribution in [3.63, 3.8) is 0 Å².